The molecule has 0 aromatic heterocycles. The molecule has 0 heterocycles. The van der Waals surface area contributed by atoms with Gasteiger partial charge in [0.15, 0.2) is 0 Å². The van der Waals surface area contributed by atoms with Crippen LogP contribution < -0.4 is 5.32 Å². The van der Waals surface area contributed by atoms with Crippen LogP contribution in [0, 0.1) is 0 Å². The molecular formula is C16H16BrCl2N. The van der Waals surface area contributed by atoms with E-state index in [9.17, 15) is 0 Å². The molecule has 2 aromatic carbocycles. The average molecular weight is 373 g/mol. The van der Waals surface area contributed by atoms with Crippen LogP contribution in [0.4, 0.5) is 0 Å². The molecule has 0 aliphatic heterocycles. The van der Waals surface area contributed by atoms with Gasteiger partial charge in [0.1, 0.15) is 0 Å². The van der Waals surface area contributed by atoms with Gasteiger partial charge < -0.3 is 5.32 Å². The Balaban J connectivity index is 1.92. The van der Waals surface area contributed by atoms with Crippen LogP contribution in [0.2, 0.25) is 10.0 Å². The molecular weight excluding hydrogens is 357 g/mol. The van der Waals surface area contributed by atoms with Gasteiger partial charge in [0.25, 0.3) is 0 Å². The molecule has 106 valence electrons. The molecule has 0 aliphatic carbocycles. The lowest BCUT2D eigenvalue weighted by molar-refractivity contribution is 0.545. The van der Waals surface area contributed by atoms with Gasteiger partial charge in [-0.15, -0.1) is 0 Å². The smallest absolute Gasteiger partial charge is 0.0410 e. The molecule has 0 aliphatic rings. The Morgan fingerprint density at radius 2 is 1.85 bits per heavy atom. The topological polar surface area (TPSA) is 12.0 Å². The molecule has 1 atom stereocenters. The van der Waals surface area contributed by atoms with Crippen LogP contribution in [0.15, 0.2) is 46.9 Å². The molecule has 0 bridgehead atoms. The van der Waals surface area contributed by atoms with E-state index in [2.05, 4.69) is 34.2 Å². The van der Waals surface area contributed by atoms with Gasteiger partial charge in [-0.2, -0.15) is 0 Å². The van der Waals surface area contributed by atoms with Gasteiger partial charge in [0, 0.05) is 27.1 Å². The fourth-order valence-corrected chi connectivity index (χ4v) is 2.85. The number of nitrogens with one attached hydrogen (secondary N) is 1. The van der Waals surface area contributed by atoms with E-state index in [1.54, 1.807) is 0 Å². The van der Waals surface area contributed by atoms with Crippen molar-refractivity contribution in [2.45, 2.75) is 25.9 Å². The lowest BCUT2D eigenvalue weighted by Crippen LogP contribution is -2.27. The van der Waals surface area contributed by atoms with E-state index in [1.807, 2.05) is 36.4 Å². The van der Waals surface area contributed by atoms with E-state index in [1.165, 1.54) is 5.56 Å². The van der Waals surface area contributed by atoms with Crippen molar-refractivity contribution in [3.05, 3.63) is 68.1 Å². The first kappa shape index (κ1) is 15.8. The van der Waals surface area contributed by atoms with Crippen molar-refractivity contribution < 1.29 is 0 Å². The highest BCUT2D eigenvalue weighted by atomic mass is 79.9. The molecule has 0 saturated carbocycles. The van der Waals surface area contributed by atoms with Gasteiger partial charge >= 0.3 is 0 Å². The predicted octanol–water partition coefficient (Wildman–Crippen LogP) is 5.48. The summed E-state index contributed by atoms with van der Waals surface area (Å²) in [6.45, 7) is 2.95. The SMILES string of the molecule is CC(Cc1cccc(Cl)c1)NCc1cc(Cl)ccc1Br. The first-order valence-corrected chi connectivity index (χ1v) is 8.01. The van der Waals surface area contributed by atoms with Crippen LogP contribution in [0.25, 0.3) is 0 Å². The summed E-state index contributed by atoms with van der Waals surface area (Å²) >= 11 is 15.6. The van der Waals surface area contributed by atoms with Gasteiger partial charge in [-0.25, -0.2) is 0 Å². The Morgan fingerprint density at radius 3 is 2.60 bits per heavy atom. The Hall–Kier alpha value is -0.540. The summed E-state index contributed by atoms with van der Waals surface area (Å²) in [5, 5.41) is 5.04. The van der Waals surface area contributed by atoms with Crippen molar-refractivity contribution in [1.29, 1.82) is 0 Å². The zero-order chi connectivity index (χ0) is 14.5. The second-order valence-electron chi connectivity index (χ2n) is 4.85. The quantitative estimate of drug-likeness (QED) is 0.732. The van der Waals surface area contributed by atoms with E-state index in [0.717, 1.165) is 33.0 Å². The first-order chi connectivity index (χ1) is 9.54. The summed E-state index contributed by atoms with van der Waals surface area (Å²) in [4.78, 5) is 0. The standard InChI is InChI=1S/C16H16BrCl2N/c1-11(7-12-3-2-4-14(18)8-12)20-10-13-9-15(19)5-6-16(13)17/h2-6,8-9,11,20H,7,10H2,1H3. The lowest BCUT2D eigenvalue weighted by Gasteiger charge is -2.15. The highest BCUT2D eigenvalue weighted by molar-refractivity contribution is 9.10. The lowest BCUT2D eigenvalue weighted by atomic mass is 10.1. The van der Waals surface area contributed by atoms with Gasteiger partial charge in [0.05, 0.1) is 0 Å². The first-order valence-electron chi connectivity index (χ1n) is 6.46. The second-order valence-corrected chi connectivity index (χ2v) is 6.58. The zero-order valence-electron chi connectivity index (χ0n) is 11.2. The maximum absolute atomic E-state index is 6.02. The van der Waals surface area contributed by atoms with Crippen molar-refractivity contribution >= 4 is 39.1 Å². The Kier molecular flexibility index (Phi) is 5.91. The van der Waals surface area contributed by atoms with Crippen LogP contribution in [0.1, 0.15) is 18.1 Å². The normalized spacial score (nSPS) is 12.4. The molecule has 1 N–H and O–H groups in total. The molecule has 0 amide bonds. The fraction of sp³-hybridized carbons (Fsp3) is 0.250. The molecule has 1 nitrogen and oxygen atoms in total. The van der Waals surface area contributed by atoms with Crippen molar-refractivity contribution in [2.24, 2.45) is 0 Å². The van der Waals surface area contributed by atoms with Crippen LogP contribution >= 0.6 is 39.1 Å². The van der Waals surface area contributed by atoms with E-state index in [0.29, 0.717) is 6.04 Å². The molecule has 0 fully saturated rings. The van der Waals surface area contributed by atoms with Gasteiger partial charge in [-0.3, -0.25) is 0 Å². The number of benzene rings is 2. The monoisotopic (exact) mass is 371 g/mol. The molecule has 0 radical (unpaired) electrons. The zero-order valence-corrected chi connectivity index (χ0v) is 14.3. The molecule has 1 unspecified atom stereocenters. The van der Waals surface area contributed by atoms with Gasteiger partial charge in [-0.1, -0.05) is 51.3 Å². The van der Waals surface area contributed by atoms with Gasteiger partial charge in [0.2, 0.25) is 0 Å². The Labute approximate surface area is 138 Å². The summed E-state index contributed by atoms with van der Waals surface area (Å²) in [6, 6.07) is 14.2. The van der Waals surface area contributed by atoms with E-state index in [-0.39, 0.29) is 0 Å². The molecule has 0 saturated heterocycles. The van der Waals surface area contributed by atoms with E-state index in [4.69, 9.17) is 23.2 Å². The summed E-state index contributed by atoms with van der Waals surface area (Å²) in [5.74, 6) is 0. The second kappa shape index (κ2) is 7.46. The largest absolute Gasteiger partial charge is 0.310 e. The number of rotatable bonds is 5. The maximum Gasteiger partial charge on any atom is 0.0410 e. The van der Waals surface area contributed by atoms with Crippen LogP contribution in [-0.4, -0.2) is 6.04 Å². The molecule has 0 spiro atoms. The third-order valence-corrected chi connectivity index (χ3v) is 4.32. The minimum Gasteiger partial charge on any atom is -0.310 e. The minimum atomic E-state index is 0.361. The number of halogens is 3. The summed E-state index contributed by atoms with van der Waals surface area (Å²) < 4.78 is 1.07. The van der Waals surface area contributed by atoms with Crippen molar-refractivity contribution in [2.75, 3.05) is 0 Å². The highest BCUT2D eigenvalue weighted by Gasteiger charge is 2.06. The van der Waals surface area contributed by atoms with E-state index >= 15 is 0 Å². The maximum atomic E-state index is 6.02. The summed E-state index contributed by atoms with van der Waals surface area (Å²) in [5.41, 5.74) is 2.40. The molecule has 4 heteroatoms. The fourth-order valence-electron chi connectivity index (χ4n) is 2.05. The number of hydrogen-bond donors (Lipinski definition) is 1. The van der Waals surface area contributed by atoms with Crippen molar-refractivity contribution in [1.82, 2.24) is 5.32 Å². The van der Waals surface area contributed by atoms with Gasteiger partial charge in [-0.05, 0) is 54.8 Å². The van der Waals surface area contributed by atoms with Crippen molar-refractivity contribution in [3.8, 4) is 0 Å². The molecule has 2 rings (SSSR count). The average Bonchev–Trinajstić information content (AvgIpc) is 2.40. The Bertz CT molecular complexity index is 586. The highest BCUT2D eigenvalue weighted by Crippen LogP contribution is 2.21. The molecule has 20 heavy (non-hydrogen) atoms. The number of hydrogen-bond acceptors (Lipinski definition) is 1. The van der Waals surface area contributed by atoms with Crippen molar-refractivity contribution in [3.63, 3.8) is 0 Å². The summed E-state index contributed by atoms with van der Waals surface area (Å²) in [6.07, 6.45) is 0.943. The third-order valence-electron chi connectivity index (χ3n) is 3.08. The minimum absolute atomic E-state index is 0.361. The van der Waals surface area contributed by atoms with Crippen LogP contribution in [-0.2, 0) is 13.0 Å². The van der Waals surface area contributed by atoms with Crippen LogP contribution in [0.3, 0.4) is 0 Å². The van der Waals surface area contributed by atoms with Crippen LogP contribution in [0.5, 0.6) is 0 Å². The molecule has 2 aromatic rings. The third kappa shape index (κ3) is 4.78. The Morgan fingerprint density at radius 1 is 1.10 bits per heavy atom. The van der Waals surface area contributed by atoms with E-state index < -0.39 is 0 Å². The predicted molar refractivity (Wildman–Crippen MR) is 90.6 cm³/mol. The summed E-state index contributed by atoms with van der Waals surface area (Å²) in [7, 11) is 0.